The first-order chi connectivity index (χ1) is 7.08. The van der Waals surface area contributed by atoms with E-state index in [2.05, 4.69) is 21.2 Å². The molecule has 0 aromatic heterocycles. The van der Waals surface area contributed by atoms with Gasteiger partial charge in [0.15, 0.2) is 0 Å². The third kappa shape index (κ3) is 1.87. The molecule has 15 heavy (non-hydrogen) atoms. The van der Waals surface area contributed by atoms with E-state index in [1.165, 1.54) is 11.8 Å². The monoisotopic (exact) mass is 268 g/mol. The maximum Gasteiger partial charge on any atom is 0.244 e. The van der Waals surface area contributed by atoms with Gasteiger partial charge in [-0.2, -0.15) is 0 Å². The van der Waals surface area contributed by atoms with Gasteiger partial charge in [0.1, 0.15) is 6.54 Å². The Bertz CT molecular complexity index is 445. The van der Waals surface area contributed by atoms with Gasteiger partial charge in [0.25, 0.3) is 0 Å². The van der Waals surface area contributed by atoms with E-state index in [-0.39, 0.29) is 18.4 Å². The minimum Gasteiger partial charge on any atom is -0.323 e. The number of hydrogen-bond acceptors (Lipinski definition) is 2. The summed E-state index contributed by atoms with van der Waals surface area (Å²) in [5.74, 6) is -0.302. The van der Waals surface area contributed by atoms with E-state index in [0.717, 1.165) is 10.2 Å². The molecule has 1 aromatic carbocycles. The van der Waals surface area contributed by atoms with Crippen molar-refractivity contribution in [3.63, 3.8) is 0 Å². The molecule has 0 aliphatic carbocycles. The molecule has 1 aromatic rings. The summed E-state index contributed by atoms with van der Waals surface area (Å²) < 4.78 is 0.868. The molecular weight excluding hydrogens is 260 g/mol. The summed E-state index contributed by atoms with van der Waals surface area (Å²) in [7, 11) is 0. The number of anilines is 2. The summed E-state index contributed by atoms with van der Waals surface area (Å²) in [6.07, 6.45) is 0. The van der Waals surface area contributed by atoms with Gasteiger partial charge in [-0.1, -0.05) is 15.9 Å². The van der Waals surface area contributed by atoms with Crippen molar-refractivity contribution in [3.8, 4) is 0 Å². The highest BCUT2D eigenvalue weighted by molar-refractivity contribution is 9.10. The lowest BCUT2D eigenvalue weighted by Crippen LogP contribution is -2.40. The minimum absolute atomic E-state index is 0.0873. The molecule has 0 saturated carbocycles. The van der Waals surface area contributed by atoms with Crippen molar-refractivity contribution < 1.29 is 9.59 Å². The fraction of sp³-hybridized carbons (Fsp3) is 0.200. The van der Waals surface area contributed by atoms with E-state index in [4.69, 9.17) is 0 Å². The zero-order valence-electron chi connectivity index (χ0n) is 8.08. The molecule has 0 atom stereocenters. The number of benzene rings is 1. The molecule has 1 heterocycles. The van der Waals surface area contributed by atoms with Crippen LogP contribution in [0.4, 0.5) is 11.4 Å². The number of hydrogen-bond donors (Lipinski definition) is 1. The highest BCUT2D eigenvalue weighted by Gasteiger charge is 2.24. The van der Waals surface area contributed by atoms with Crippen LogP contribution in [0, 0.1) is 0 Å². The molecule has 4 nitrogen and oxygen atoms in total. The average Bonchev–Trinajstić information content (AvgIpc) is 2.15. The molecule has 0 spiro atoms. The van der Waals surface area contributed by atoms with E-state index in [1.807, 2.05) is 6.07 Å². The van der Waals surface area contributed by atoms with Crippen LogP contribution in [0.2, 0.25) is 0 Å². The Labute approximate surface area is 95.4 Å². The van der Waals surface area contributed by atoms with Crippen LogP contribution in [-0.4, -0.2) is 18.4 Å². The normalized spacial score (nSPS) is 14.5. The van der Waals surface area contributed by atoms with E-state index in [1.54, 1.807) is 12.1 Å². The molecule has 78 valence electrons. The van der Waals surface area contributed by atoms with Crippen LogP contribution in [-0.2, 0) is 9.59 Å². The van der Waals surface area contributed by atoms with E-state index < -0.39 is 0 Å². The Morgan fingerprint density at radius 2 is 2.27 bits per heavy atom. The quantitative estimate of drug-likeness (QED) is 0.780. The second-order valence-electron chi connectivity index (χ2n) is 3.31. The molecule has 0 radical (unpaired) electrons. The summed E-state index contributed by atoms with van der Waals surface area (Å²) in [4.78, 5) is 24.1. The predicted molar refractivity (Wildman–Crippen MR) is 60.8 cm³/mol. The maximum absolute atomic E-state index is 11.3. The first-order valence-corrected chi connectivity index (χ1v) is 5.25. The largest absolute Gasteiger partial charge is 0.323 e. The predicted octanol–water partition coefficient (Wildman–Crippen LogP) is 1.75. The Morgan fingerprint density at radius 1 is 1.53 bits per heavy atom. The molecule has 0 fully saturated rings. The summed E-state index contributed by atoms with van der Waals surface area (Å²) in [5, 5.41) is 2.72. The molecule has 1 aliphatic heterocycles. The van der Waals surface area contributed by atoms with E-state index in [9.17, 15) is 9.59 Å². The van der Waals surface area contributed by atoms with Crippen LogP contribution in [0.25, 0.3) is 0 Å². The van der Waals surface area contributed by atoms with Crippen LogP contribution >= 0.6 is 15.9 Å². The van der Waals surface area contributed by atoms with Gasteiger partial charge >= 0.3 is 0 Å². The highest BCUT2D eigenvalue weighted by atomic mass is 79.9. The lowest BCUT2D eigenvalue weighted by Gasteiger charge is -2.28. The first kappa shape index (κ1) is 10.2. The highest BCUT2D eigenvalue weighted by Crippen LogP contribution is 2.31. The second kappa shape index (κ2) is 3.66. The van der Waals surface area contributed by atoms with Gasteiger partial charge in [0.2, 0.25) is 11.8 Å². The fourth-order valence-corrected chi connectivity index (χ4v) is 1.90. The molecule has 1 N–H and O–H groups in total. The molecule has 2 rings (SSSR count). The number of nitrogens with zero attached hydrogens (tertiary/aromatic N) is 1. The van der Waals surface area contributed by atoms with Crippen LogP contribution in [0.1, 0.15) is 6.92 Å². The average molecular weight is 269 g/mol. The van der Waals surface area contributed by atoms with Gasteiger partial charge in [-0.15, -0.1) is 0 Å². The first-order valence-electron chi connectivity index (χ1n) is 4.45. The Hall–Kier alpha value is -1.36. The second-order valence-corrected chi connectivity index (χ2v) is 4.23. The van der Waals surface area contributed by atoms with E-state index >= 15 is 0 Å². The number of nitrogens with one attached hydrogen (secondary N) is 1. The Kier molecular flexibility index (Phi) is 2.48. The van der Waals surface area contributed by atoms with Crippen LogP contribution in [0.3, 0.4) is 0 Å². The van der Waals surface area contributed by atoms with E-state index in [0.29, 0.717) is 5.69 Å². The molecular formula is C10H9BrN2O2. The number of carbonyl (C=O) groups is 2. The van der Waals surface area contributed by atoms with Gasteiger partial charge in [-0.3, -0.25) is 9.59 Å². The maximum atomic E-state index is 11.3. The van der Waals surface area contributed by atoms with Gasteiger partial charge in [0.05, 0.1) is 11.4 Å². The lowest BCUT2D eigenvalue weighted by molar-refractivity contribution is -0.120. The third-order valence-corrected chi connectivity index (χ3v) is 2.70. The summed E-state index contributed by atoms with van der Waals surface area (Å²) in [6, 6.07) is 5.43. The Morgan fingerprint density at radius 3 is 2.93 bits per heavy atom. The smallest absolute Gasteiger partial charge is 0.244 e. The molecule has 5 heteroatoms. The van der Waals surface area contributed by atoms with Crippen LogP contribution in [0.15, 0.2) is 22.7 Å². The third-order valence-electron chi connectivity index (χ3n) is 2.21. The lowest BCUT2D eigenvalue weighted by atomic mass is 10.2. The van der Waals surface area contributed by atoms with Crippen LogP contribution < -0.4 is 10.2 Å². The fourth-order valence-electron chi connectivity index (χ4n) is 1.54. The van der Waals surface area contributed by atoms with Gasteiger partial charge in [-0.05, 0) is 18.2 Å². The van der Waals surface area contributed by atoms with Gasteiger partial charge in [0, 0.05) is 11.4 Å². The zero-order chi connectivity index (χ0) is 11.0. The topological polar surface area (TPSA) is 49.4 Å². The van der Waals surface area contributed by atoms with Crippen molar-refractivity contribution in [2.45, 2.75) is 6.92 Å². The molecule has 0 bridgehead atoms. The van der Waals surface area contributed by atoms with Gasteiger partial charge < -0.3 is 10.2 Å². The van der Waals surface area contributed by atoms with Crippen molar-refractivity contribution in [2.24, 2.45) is 0 Å². The Balaban J connectivity index is 2.51. The van der Waals surface area contributed by atoms with Crippen molar-refractivity contribution in [3.05, 3.63) is 22.7 Å². The molecule has 0 saturated heterocycles. The molecule has 0 unspecified atom stereocenters. The molecule has 1 aliphatic rings. The van der Waals surface area contributed by atoms with Crippen molar-refractivity contribution in [2.75, 3.05) is 16.8 Å². The number of rotatable bonds is 0. The molecule has 2 amide bonds. The number of fused-ring (bicyclic) bond motifs is 1. The summed E-state index contributed by atoms with van der Waals surface area (Å²) >= 11 is 3.31. The summed E-state index contributed by atoms with van der Waals surface area (Å²) in [5.41, 5.74) is 1.40. The SMILES string of the molecule is CC(=O)N1CC(=O)Nc2cc(Br)ccc21. The minimum atomic E-state index is -0.171. The van der Waals surface area contributed by atoms with Crippen molar-refractivity contribution >= 4 is 39.1 Å². The number of carbonyl (C=O) groups excluding carboxylic acids is 2. The standard InChI is InChI=1S/C10H9BrN2O2/c1-6(14)13-5-10(15)12-8-4-7(11)2-3-9(8)13/h2-4H,5H2,1H3,(H,12,15). The van der Waals surface area contributed by atoms with Crippen molar-refractivity contribution in [1.29, 1.82) is 0 Å². The summed E-state index contributed by atoms with van der Waals surface area (Å²) in [6.45, 7) is 1.54. The van der Waals surface area contributed by atoms with Crippen molar-refractivity contribution in [1.82, 2.24) is 0 Å². The zero-order valence-corrected chi connectivity index (χ0v) is 9.67. The number of halogens is 1. The van der Waals surface area contributed by atoms with Gasteiger partial charge in [-0.25, -0.2) is 0 Å². The number of amides is 2. The van der Waals surface area contributed by atoms with Crippen LogP contribution in [0.5, 0.6) is 0 Å².